The first-order valence-electron chi connectivity index (χ1n) is 12.0. The third kappa shape index (κ3) is 11.4. The minimum atomic E-state index is -0.458. The van der Waals surface area contributed by atoms with Gasteiger partial charge in [0, 0.05) is 11.5 Å². The lowest BCUT2D eigenvalue weighted by molar-refractivity contribution is -0.254. The van der Waals surface area contributed by atoms with Crippen molar-refractivity contribution < 1.29 is 38.3 Å². The highest BCUT2D eigenvalue weighted by Crippen LogP contribution is 2.33. The third-order valence-corrected chi connectivity index (χ3v) is 5.29. The minimum absolute atomic E-state index is 0.192. The van der Waals surface area contributed by atoms with Crippen LogP contribution in [0.3, 0.4) is 0 Å². The molecule has 0 heterocycles. The Morgan fingerprint density at radius 1 is 0.784 bits per heavy atom. The van der Waals surface area contributed by atoms with Gasteiger partial charge in [-0.25, -0.2) is 4.79 Å². The normalized spacial score (nSPS) is 10.8. The van der Waals surface area contributed by atoms with Crippen molar-refractivity contribution in [1.29, 1.82) is 0 Å². The summed E-state index contributed by atoms with van der Waals surface area (Å²) in [5.74, 6) is 1.09. The van der Waals surface area contributed by atoms with Crippen LogP contribution in [0.5, 0.6) is 11.5 Å². The van der Waals surface area contributed by atoms with Gasteiger partial charge in [0.05, 0.1) is 26.4 Å². The molecule has 0 saturated heterocycles. The summed E-state index contributed by atoms with van der Waals surface area (Å²) in [5, 5.41) is 0. The van der Waals surface area contributed by atoms with Crippen molar-refractivity contribution in [1.82, 2.24) is 0 Å². The first kappa shape index (κ1) is 29.7. The molecule has 0 amide bonds. The van der Waals surface area contributed by atoms with Crippen molar-refractivity contribution in [3.8, 4) is 11.5 Å². The zero-order valence-corrected chi connectivity index (χ0v) is 21.6. The second-order valence-electron chi connectivity index (χ2n) is 8.21. The van der Waals surface area contributed by atoms with Gasteiger partial charge in [0.1, 0.15) is 37.9 Å². The molecule has 0 fully saturated rings. The summed E-state index contributed by atoms with van der Waals surface area (Å²) in [7, 11) is 0. The number of carbonyl (C=O) groups excluding carboxylic acids is 1. The highest BCUT2D eigenvalue weighted by atomic mass is 17.2. The first-order valence-corrected chi connectivity index (χ1v) is 12.0. The van der Waals surface area contributed by atoms with Gasteiger partial charge in [-0.3, -0.25) is 0 Å². The van der Waals surface area contributed by atoms with E-state index in [2.05, 4.69) is 61.9 Å². The second-order valence-corrected chi connectivity index (χ2v) is 8.21. The molecule has 0 unspecified atom stereocenters. The number of hydrogen-bond donors (Lipinski definition) is 0. The molecular weight excluding hydrogens is 476 g/mol. The maximum Gasteiger partial charge on any atom is 0.330 e. The van der Waals surface area contributed by atoms with Gasteiger partial charge in [-0.2, -0.15) is 4.89 Å². The van der Waals surface area contributed by atoms with Crippen LogP contribution >= 0.6 is 0 Å². The van der Waals surface area contributed by atoms with Gasteiger partial charge in [-0.05, 0) is 35.4 Å². The van der Waals surface area contributed by atoms with Gasteiger partial charge in [0.2, 0.25) is 0 Å². The van der Waals surface area contributed by atoms with E-state index in [0.717, 1.165) is 23.1 Å². The third-order valence-electron chi connectivity index (χ3n) is 5.29. The SMILES string of the molecule is C=C=COOCCOCCOc1ccc(C(C)(C)c2ccc(OCCOCCOC(=O)C=C)cc2)cc1. The Bertz CT molecular complexity index is 976. The number of ether oxygens (including phenoxy) is 5. The lowest BCUT2D eigenvalue weighted by Gasteiger charge is -2.26. The quantitative estimate of drug-likeness (QED) is 0.0506. The molecule has 2 rings (SSSR count). The molecule has 0 radical (unpaired) electrons. The van der Waals surface area contributed by atoms with Crippen molar-refractivity contribution in [3.63, 3.8) is 0 Å². The van der Waals surface area contributed by atoms with E-state index in [1.165, 1.54) is 11.8 Å². The molecule has 0 atom stereocenters. The molecule has 200 valence electrons. The Morgan fingerprint density at radius 3 is 1.76 bits per heavy atom. The summed E-state index contributed by atoms with van der Waals surface area (Å²) in [4.78, 5) is 20.4. The van der Waals surface area contributed by atoms with E-state index in [9.17, 15) is 4.79 Å². The average molecular weight is 513 g/mol. The maximum atomic E-state index is 10.9. The second kappa shape index (κ2) is 17.0. The van der Waals surface area contributed by atoms with Gasteiger partial charge in [0.25, 0.3) is 0 Å². The Labute approximate surface area is 219 Å². The number of benzene rings is 2. The fourth-order valence-electron chi connectivity index (χ4n) is 3.21. The van der Waals surface area contributed by atoms with Crippen LogP contribution in [0.25, 0.3) is 0 Å². The van der Waals surface area contributed by atoms with E-state index in [0.29, 0.717) is 46.2 Å². The van der Waals surface area contributed by atoms with E-state index < -0.39 is 5.97 Å². The van der Waals surface area contributed by atoms with Gasteiger partial charge in [-0.15, -0.1) is 0 Å². The van der Waals surface area contributed by atoms with Crippen molar-refractivity contribution in [3.05, 3.63) is 90.9 Å². The van der Waals surface area contributed by atoms with Crippen LogP contribution in [-0.2, 0) is 34.2 Å². The van der Waals surface area contributed by atoms with E-state index in [1.54, 1.807) is 0 Å². The van der Waals surface area contributed by atoms with Crippen LogP contribution in [0.4, 0.5) is 0 Å². The van der Waals surface area contributed by atoms with E-state index in [-0.39, 0.29) is 12.0 Å². The predicted octanol–water partition coefficient (Wildman–Crippen LogP) is 4.78. The molecular formula is C29H36O8. The number of rotatable bonds is 19. The Morgan fingerprint density at radius 2 is 1.27 bits per heavy atom. The molecule has 2 aromatic carbocycles. The molecule has 0 aliphatic heterocycles. The maximum absolute atomic E-state index is 10.9. The molecule has 0 bridgehead atoms. The number of esters is 1. The molecule has 37 heavy (non-hydrogen) atoms. The topological polar surface area (TPSA) is 81.7 Å². The zero-order chi connectivity index (χ0) is 26.8. The van der Waals surface area contributed by atoms with Gasteiger partial charge >= 0.3 is 5.97 Å². The summed E-state index contributed by atoms with van der Waals surface area (Å²) >= 11 is 0. The van der Waals surface area contributed by atoms with E-state index in [1.807, 2.05) is 24.3 Å². The average Bonchev–Trinajstić information content (AvgIpc) is 2.92. The Balaban J connectivity index is 1.70. The number of hydrogen-bond acceptors (Lipinski definition) is 8. The standard InChI is InChI=1S/C29H36O8/c1-5-15-36-37-23-19-32-17-21-34-27-13-9-25(10-14-27)29(3,4)24-7-11-26(12-8-24)33-20-16-31-18-22-35-28(30)6-2/h6-15H,1-2,16-23H2,3-4H3. The summed E-state index contributed by atoms with van der Waals surface area (Å²) < 4.78 is 27.1. The van der Waals surface area contributed by atoms with Crippen LogP contribution in [0.1, 0.15) is 25.0 Å². The van der Waals surface area contributed by atoms with Crippen molar-refractivity contribution in [2.45, 2.75) is 19.3 Å². The first-order chi connectivity index (χ1) is 18.0. The highest BCUT2D eigenvalue weighted by Gasteiger charge is 2.23. The van der Waals surface area contributed by atoms with Gasteiger partial charge in [-0.1, -0.05) is 57.0 Å². The van der Waals surface area contributed by atoms with Crippen LogP contribution in [-0.4, -0.2) is 58.8 Å². The smallest absolute Gasteiger partial charge is 0.330 e. The Kier molecular flexibility index (Phi) is 13.6. The van der Waals surface area contributed by atoms with Crippen molar-refractivity contribution in [2.24, 2.45) is 0 Å². The van der Waals surface area contributed by atoms with Crippen LogP contribution in [0.15, 0.2) is 79.8 Å². The summed E-state index contributed by atoms with van der Waals surface area (Å²) in [6.45, 7) is 13.9. The van der Waals surface area contributed by atoms with Crippen LogP contribution < -0.4 is 9.47 Å². The molecule has 0 spiro atoms. The summed E-state index contributed by atoms with van der Waals surface area (Å²) in [6, 6.07) is 16.1. The lowest BCUT2D eigenvalue weighted by atomic mass is 9.78. The molecule has 0 N–H and O–H groups in total. The monoisotopic (exact) mass is 512 g/mol. The molecule has 0 aliphatic rings. The summed E-state index contributed by atoms with van der Waals surface area (Å²) in [5.41, 5.74) is 4.57. The fourth-order valence-corrected chi connectivity index (χ4v) is 3.21. The molecule has 0 aliphatic carbocycles. The van der Waals surface area contributed by atoms with Crippen molar-refractivity contribution >= 4 is 5.97 Å². The molecule has 2 aromatic rings. The lowest BCUT2D eigenvalue weighted by Crippen LogP contribution is -2.19. The Hall–Kier alpha value is -3.55. The molecule has 0 saturated carbocycles. The highest BCUT2D eigenvalue weighted by molar-refractivity contribution is 5.81. The summed E-state index contributed by atoms with van der Waals surface area (Å²) in [6.07, 6.45) is 2.35. The van der Waals surface area contributed by atoms with Crippen LogP contribution in [0, 0.1) is 0 Å². The minimum Gasteiger partial charge on any atom is -0.491 e. The van der Waals surface area contributed by atoms with E-state index in [4.69, 9.17) is 28.6 Å². The molecule has 8 nitrogen and oxygen atoms in total. The van der Waals surface area contributed by atoms with E-state index >= 15 is 0 Å². The zero-order valence-electron chi connectivity index (χ0n) is 21.6. The van der Waals surface area contributed by atoms with Gasteiger partial charge < -0.3 is 28.6 Å². The number of carbonyl (C=O) groups is 1. The van der Waals surface area contributed by atoms with Crippen LogP contribution in [0.2, 0.25) is 0 Å². The molecule has 0 aromatic heterocycles. The largest absolute Gasteiger partial charge is 0.491 e. The van der Waals surface area contributed by atoms with Crippen molar-refractivity contribution in [2.75, 3.05) is 52.9 Å². The predicted molar refractivity (Wildman–Crippen MR) is 140 cm³/mol. The fraction of sp³-hybridized carbons (Fsp3) is 0.379. The van der Waals surface area contributed by atoms with Gasteiger partial charge in [0.15, 0.2) is 6.26 Å². The molecule has 8 heteroatoms.